The molecule has 2 rings (SSSR count). The van der Waals surface area contributed by atoms with Crippen molar-refractivity contribution in [3.8, 4) is 11.5 Å². The van der Waals surface area contributed by atoms with Crippen LogP contribution in [0.25, 0.3) is 0 Å². The summed E-state index contributed by atoms with van der Waals surface area (Å²) in [7, 11) is 5.11. The molecule has 1 saturated carbocycles. The van der Waals surface area contributed by atoms with Crippen LogP contribution >= 0.6 is 0 Å². The molecular weight excluding hydrogens is 392 g/mol. The minimum atomic E-state index is -0.382. The molecule has 1 aliphatic carbocycles. The van der Waals surface area contributed by atoms with Gasteiger partial charge in [0, 0.05) is 37.5 Å². The molecule has 0 bridgehead atoms. The molecule has 174 valence electrons. The van der Waals surface area contributed by atoms with E-state index < -0.39 is 0 Å². The van der Waals surface area contributed by atoms with Gasteiger partial charge in [0.2, 0.25) is 5.91 Å². The van der Waals surface area contributed by atoms with Gasteiger partial charge in [-0.2, -0.15) is 0 Å². The molecule has 0 atom stereocenters. The van der Waals surface area contributed by atoms with Crippen LogP contribution < -0.4 is 25.4 Å². The molecule has 1 fully saturated rings. The summed E-state index contributed by atoms with van der Waals surface area (Å²) in [5, 5.41) is 9.78. The first-order chi connectivity index (χ1) is 14.8. The molecule has 0 aliphatic heterocycles. The Balaban J connectivity index is 2.01. The van der Waals surface area contributed by atoms with Gasteiger partial charge in [0.25, 0.3) is 0 Å². The van der Waals surface area contributed by atoms with Gasteiger partial charge in [-0.15, -0.1) is 0 Å². The molecule has 1 aromatic rings. The SMILES string of the molecule is CN=C(NCCNC(=O)C(C)(C)C)NCC1(c2ccc(OC)c(OC)c2)CCCCC1. The number of aliphatic imine (C=N–C) groups is 1. The summed E-state index contributed by atoms with van der Waals surface area (Å²) in [5.74, 6) is 2.31. The maximum absolute atomic E-state index is 12.0. The molecule has 0 heterocycles. The molecule has 0 saturated heterocycles. The average molecular weight is 433 g/mol. The monoisotopic (exact) mass is 432 g/mol. The molecular formula is C24H40N4O3. The first kappa shape index (κ1) is 24.8. The van der Waals surface area contributed by atoms with Gasteiger partial charge in [-0.25, -0.2) is 0 Å². The van der Waals surface area contributed by atoms with Crippen molar-refractivity contribution in [3.63, 3.8) is 0 Å². The quantitative estimate of drug-likeness (QED) is 0.334. The Morgan fingerprint density at radius 1 is 1.00 bits per heavy atom. The van der Waals surface area contributed by atoms with E-state index in [1.165, 1.54) is 24.8 Å². The fraction of sp³-hybridized carbons (Fsp3) is 0.667. The van der Waals surface area contributed by atoms with Gasteiger partial charge in [0.15, 0.2) is 17.5 Å². The minimum Gasteiger partial charge on any atom is -0.493 e. The highest BCUT2D eigenvalue weighted by Gasteiger charge is 2.34. The van der Waals surface area contributed by atoms with E-state index in [1.807, 2.05) is 26.8 Å². The van der Waals surface area contributed by atoms with Gasteiger partial charge in [-0.1, -0.05) is 46.1 Å². The number of hydrogen-bond donors (Lipinski definition) is 3. The van der Waals surface area contributed by atoms with E-state index in [0.717, 1.165) is 36.8 Å². The zero-order valence-electron chi connectivity index (χ0n) is 20.1. The molecule has 7 nitrogen and oxygen atoms in total. The molecule has 31 heavy (non-hydrogen) atoms. The Labute approximate surface area is 187 Å². The van der Waals surface area contributed by atoms with Crippen molar-refractivity contribution >= 4 is 11.9 Å². The van der Waals surface area contributed by atoms with Crippen molar-refractivity contribution in [2.75, 3.05) is 40.9 Å². The Hall–Kier alpha value is -2.44. The van der Waals surface area contributed by atoms with E-state index in [1.54, 1.807) is 21.3 Å². The summed E-state index contributed by atoms with van der Waals surface area (Å²) in [6, 6.07) is 6.27. The number of hydrogen-bond acceptors (Lipinski definition) is 4. The Bertz CT molecular complexity index is 750. The van der Waals surface area contributed by atoms with Crippen LogP contribution in [0.4, 0.5) is 0 Å². The number of guanidine groups is 1. The fourth-order valence-electron chi connectivity index (χ4n) is 4.06. The van der Waals surface area contributed by atoms with Crippen molar-refractivity contribution in [3.05, 3.63) is 23.8 Å². The molecule has 1 aromatic carbocycles. The summed E-state index contributed by atoms with van der Waals surface area (Å²) in [6.45, 7) is 7.69. The van der Waals surface area contributed by atoms with E-state index in [4.69, 9.17) is 9.47 Å². The van der Waals surface area contributed by atoms with E-state index in [9.17, 15) is 4.79 Å². The van der Waals surface area contributed by atoms with Gasteiger partial charge < -0.3 is 25.4 Å². The van der Waals surface area contributed by atoms with Crippen LogP contribution in [0.15, 0.2) is 23.2 Å². The first-order valence-electron chi connectivity index (χ1n) is 11.2. The lowest BCUT2D eigenvalue weighted by Crippen LogP contribution is -2.48. The van der Waals surface area contributed by atoms with Gasteiger partial charge in [0.1, 0.15) is 0 Å². The minimum absolute atomic E-state index is 0.0237. The molecule has 7 heteroatoms. The van der Waals surface area contributed by atoms with Crippen LogP contribution in [-0.2, 0) is 10.2 Å². The number of carbonyl (C=O) groups is 1. The molecule has 0 aromatic heterocycles. The van der Waals surface area contributed by atoms with Gasteiger partial charge in [-0.05, 0) is 30.5 Å². The van der Waals surface area contributed by atoms with Gasteiger partial charge >= 0.3 is 0 Å². The Kier molecular flexibility index (Phi) is 9.01. The highest BCUT2D eigenvalue weighted by molar-refractivity contribution is 5.82. The number of ether oxygens (including phenoxy) is 2. The number of carbonyl (C=O) groups excluding carboxylic acids is 1. The Morgan fingerprint density at radius 3 is 2.23 bits per heavy atom. The van der Waals surface area contributed by atoms with Gasteiger partial charge in [0.05, 0.1) is 14.2 Å². The third-order valence-electron chi connectivity index (χ3n) is 6.01. The van der Waals surface area contributed by atoms with E-state index in [2.05, 4.69) is 33.1 Å². The second-order valence-electron chi connectivity index (χ2n) is 9.27. The summed E-state index contributed by atoms with van der Waals surface area (Å²) in [6.07, 6.45) is 5.93. The number of benzene rings is 1. The normalized spacial score (nSPS) is 16.4. The fourth-order valence-corrected chi connectivity index (χ4v) is 4.06. The highest BCUT2D eigenvalue weighted by atomic mass is 16.5. The van der Waals surface area contributed by atoms with Crippen LogP contribution in [0.2, 0.25) is 0 Å². The van der Waals surface area contributed by atoms with E-state index in [-0.39, 0.29) is 16.7 Å². The summed E-state index contributed by atoms with van der Waals surface area (Å²) in [4.78, 5) is 16.4. The van der Waals surface area contributed by atoms with E-state index >= 15 is 0 Å². The first-order valence-corrected chi connectivity index (χ1v) is 11.2. The predicted octanol–water partition coefficient (Wildman–Crippen LogP) is 3.23. The van der Waals surface area contributed by atoms with Crippen LogP contribution in [-0.4, -0.2) is 52.8 Å². The number of methoxy groups -OCH3 is 2. The molecule has 1 aliphatic rings. The zero-order valence-corrected chi connectivity index (χ0v) is 20.1. The second-order valence-corrected chi connectivity index (χ2v) is 9.27. The summed E-state index contributed by atoms with van der Waals surface area (Å²) in [5.41, 5.74) is 0.910. The van der Waals surface area contributed by atoms with Crippen LogP contribution in [0, 0.1) is 5.41 Å². The molecule has 0 spiro atoms. The van der Waals surface area contributed by atoms with Crippen molar-refractivity contribution in [1.82, 2.24) is 16.0 Å². The van der Waals surface area contributed by atoms with Crippen molar-refractivity contribution in [2.24, 2.45) is 10.4 Å². The predicted molar refractivity (Wildman–Crippen MR) is 126 cm³/mol. The number of nitrogens with zero attached hydrogens (tertiary/aromatic N) is 1. The zero-order chi connectivity index (χ0) is 22.9. The topological polar surface area (TPSA) is 84.0 Å². The van der Waals surface area contributed by atoms with Crippen LogP contribution in [0.1, 0.15) is 58.4 Å². The lowest BCUT2D eigenvalue weighted by atomic mass is 9.69. The van der Waals surface area contributed by atoms with Gasteiger partial charge in [-0.3, -0.25) is 9.79 Å². The molecule has 3 N–H and O–H groups in total. The van der Waals surface area contributed by atoms with E-state index in [0.29, 0.717) is 13.1 Å². The standard InChI is InChI=1S/C24H40N4O3/c1-23(2,3)21(29)26-14-15-27-22(25-4)28-17-24(12-8-7-9-13-24)18-10-11-19(30-5)20(16-18)31-6/h10-11,16H,7-9,12-15,17H2,1-6H3,(H,26,29)(H2,25,27,28). The maximum atomic E-state index is 12.0. The summed E-state index contributed by atoms with van der Waals surface area (Å²) >= 11 is 0. The largest absolute Gasteiger partial charge is 0.493 e. The van der Waals surface area contributed by atoms with Crippen molar-refractivity contribution in [2.45, 2.75) is 58.3 Å². The number of nitrogens with one attached hydrogen (secondary N) is 3. The molecule has 0 radical (unpaired) electrons. The van der Waals surface area contributed by atoms with Crippen LogP contribution in [0.3, 0.4) is 0 Å². The number of amides is 1. The average Bonchev–Trinajstić information content (AvgIpc) is 2.77. The smallest absolute Gasteiger partial charge is 0.225 e. The molecule has 1 amide bonds. The maximum Gasteiger partial charge on any atom is 0.225 e. The lowest BCUT2D eigenvalue weighted by Gasteiger charge is -2.38. The van der Waals surface area contributed by atoms with Crippen molar-refractivity contribution in [1.29, 1.82) is 0 Å². The third kappa shape index (κ3) is 6.77. The highest BCUT2D eigenvalue weighted by Crippen LogP contribution is 2.42. The van der Waals surface area contributed by atoms with Crippen LogP contribution in [0.5, 0.6) is 11.5 Å². The molecule has 0 unspecified atom stereocenters. The van der Waals surface area contributed by atoms with Crippen molar-refractivity contribution < 1.29 is 14.3 Å². The second kappa shape index (κ2) is 11.3. The lowest BCUT2D eigenvalue weighted by molar-refractivity contribution is -0.128. The summed E-state index contributed by atoms with van der Waals surface area (Å²) < 4.78 is 11.0. The Morgan fingerprint density at radius 2 is 1.65 bits per heavy atom. The number of rotatable bonds is 8. The third-order valence-corrected chi connectivity index (χ3v) is 6.01.